The van der Waals surface area contributed by atoms with Gasteiger partial charge in [0.15, 0.2) is 0 Å². The average molecular weight is 240 g/mol. The molecule has 0 radical (unpaired) electrons. The van der Waals surface area contributed by atoms with E-state index in [2.05, 4.69) is 10.4 Å². The highest BCUT2D eigenvalue weighted by Crippen LogP contribution is 2.20. The zero-order valence-electron chi connectivity index (χ0n) is 9.06. The van der Waals surface area contributed by atoms with Crippen LogP contribution in [-0.4, -0.2) is 33.2 Å². The van der Waals surface area contributed by atoms with Crippen LogP contribution in [0.15, 0.2) is 12.4 Å². The van der Waals surface area contributed by atoms with Gasteiger partial charge in [0.2, 0.25) is 5.91 Å². The van der Waals surface area contributed by atoms with Gasteiger partial charge in [-0.25, -0.2) is 0 Å². The van der Waals surface area contributed by atoms with E-state index in [1.54, 1.807) is 10.9 Å². The maximum Gasteiger partial charge on any atom is 0.239 e. The Kier molecular flexibility index (Phi) is 3.71. The van der Waals surface area contributed by atoms with Gasteiger partial charge in [0.25, 0.3) is 0 Å². The van der Waals surface area contributed by atoms with Gasteiger partial charge in [0.05, 0.1) is 11.9 Å². The number of nitrogens with zero attached hydrogens (tertiary/aromatic N) is 2. The summed E-state index contributed by atoms with van der Waals surface area (Å²) in [5, 5.41) is 7.50. The third kappa shape index (κ3) is 3.16. The Hall–Kier alpha value is -1.17. The van der Waals surface area contributed by atoms with Crippen LogP contribution in [0.25, 0.3) is 0 Å². The van der Waals surface area contributed by atoms with E-state index in [-0.39, 0.29) is 12.5 Å². The fraction of sp³-hybridized carbons (Fsp3) is 0.600. The molecule has 0 saturated carbocycles. The Balaban J connectivity index is 1.88. The first-order valence-corrected chi connectivity index (χ1v) is 6.54. The number of hydrogen-bond donors (Lipinski definition) is 2. The molecule has 0 spiro atoms. The van der Waals surface area contributed by atoms with Crippen LogP contribution in [0.4, 0.5) is 5.69 Å². The van der Waals surface area contributed by atoms with Crippen molar-refractivity contribution in [1.29, 1.82) is 0 Å². The number of carbonyl (C=O) groups excluding carboxylic acids is 1. The standard InChI is InChI=1S/C10H16N4OS/c11-10(15)7-14-6-9(5-12-14)13-8-1-3-16-4-2-8/h5-6,8,13H,1-4,7H2,(H2,11,15). The van der Waals surface area contributed by atoms with Crippen LogP contribution in [0.5, 0.6) is 0 Å². The normalized spacial score (nSPS) is 17.2. The molecule has 2 rings (SSSR count). The molecule has 1 aromatic heterocycles. The Bertz CT molecular complexity index is 359. The number of carbonyl (C=O) groups is 1. The largest absolute Gasteiger partial charge is 0.380 e. The summed E-state index contributed by atoms with van der Waals surface area (Å²) in [5.74, 6) is 2.06. The number of primary amides is 1. The highest BCUT2D eigenvalue weighted by Gasteiger charge is 2.13. The van der Waals surface area contributed by atoms with E-state index in [1.807, 2.05) is 18.0 Å². The molecule has 16 heavy (non-hydrogen) atoms. The fourth-order valence-electron chi connectivity index (χ4n) is 1.76. The first-order valence-electron chi connectivity index (χ1n) is 5.39. The van der Waals surface area contributed by atoms with Crippen LogP contribution in [-0.2, 0) is 11.3 Å². The SMILES string of the molecule is NC(=O)Cn1cc(NC2CCSCC2)cn1. The Morgan fingerprint density at radius 3 is 3.06 bits per heavy atom. The molecular formula is C10H16N4OS. The number of nitrogens with one attached hydrogen (secondary N) is 1. The monoisotopic (exact) mass is 240 g/mol. The van der Waals surface area contributed by atoms with E-state index < -0.39 is 0 Å². The van der Waals surface area contributed by atoms with Crippen LogP contribution in [0.3, 0.4) is 0 Å². The molecule has 5 nitrogen and oxygen atoms in total. The minimum Gasteiger partial charge on any atom is -0.380 e. The number of nitrogens with two attached hydrogens (primary N) is 1. The highest BCUT2D eigenvalue weighted by molar-refractivity contribution is 7.99. The lowest BCUT2D eigenvalue weighted by molar-refractivity contribution is -0.118. The van der Waals surface area contributed by atoms with Crippen molar-refractivity contribution < 1.29 is 4.79 Å². The molecule has 3 N–H and O–H groups in total. The summed E-state index contributed by atoms with van der Waals surface area (Å²) in [7, 11) is 0. The van der Waals surface area contributed by atoms with E-state index >= 15 is 0 Å². The predicted octanol–water partition coefficient (Wildman–Crippen LogP) is 0.676. The molecule has 1 aromatic rings. The van der Waals surface area contributed by atoms with Crippen molar-refractivity contribution in [3.8, 4) is 0 Å². The van der Waals surface area contributed by atoms with E-state index in [9.17, 15) is 4.79 Å². The third-order valence-electron chi connectivity index (χ3n) is 2.54. The zero-order chi connectivity index (χ0) is 11.4. The number of aromatic nitrogens is 2. The van der Waals surface area contributed by atoms with E-state index in [0.29, 0.717) is 6.04 Å². The van der Waals surface area contributed by atoms with Gasteiger partial charge < -0.3 is 11.1 Å². The molecule has 6 heteroatoms. The van der Waals surface area contributed by atoms with Crippen molar-refractivity contribution >= 4 is 23.4 Å². The lowest BCUT2D eigenvalue weighted by Gasteiger charge is -2.22. The molecule has 0 unspecified atom stereocenters. The first kappa shape index (κ1) is 11.3. The number of anilines is 1. The summed E-state index contributed by atoms with van der Waals surface area (Å²) < 4.78 is 1.56. The van der Waals surface area contributed by atoms with Crippen LogP contribution in [0.2, 0.25) is 0 Å². The van der Waals surface area contributed by atoms with Crippen LogP contribution in [0, 0.1) is 0 Å². The summed E-state index contributed by atoms with van der Waals surface area (Å²) in [6.07, 6.45) is 5.94. The topological polar surface area (TPSA) is 72.9 Å². The van der Waals surface area contributed by atoms with Gasteiger partial charge in [0, 0.05) is 12.2 Å². The quantitative estimate of drug-likeness (QED) is 0.811. The van der Waals surface area contributed by atoms with Gasteiger partial charge in [-0.2, -0.15) is 16.9 Å². The van der Waals surface area contributed by atoms with Crippen molar-refractivity contribution in [2.24, 2.45) is 5.73 Å². The maximum atomic E-state index is 10.7. The van der Waals surface area contributed by atoms with Gasteiger partial charge in [-0.05, 0) is 24.3 Å². The van der Waals surface area contributed by atoms with Crippen molar-refractivity contribution in [3.63, 3.8) is 0 Å². The van der Waals surface area contributed by atoms with Crippen molar-refractivity contribution in [2.45, 2.75) is 25.4 Å². The molecule has 1 aliphatic heterocycles. The molecule has 0 aliphatic carbocycles. The minimum absolute atomic E-state index is 0.141. The summed E-state index contributed by atoms with van der Waals surface area (Å²) >= 11 is 2.00. The van der Waals surface area contributed by atoms with Crippen LogP contribution in [0.1, 0.15) is 12.8 Å². The van der Waals surface area contributed by atoms with Crippen molar-refractivity contribution in [3.05, 3.63) is 12.4 Å². The maximum absolute atomic E-state index is 10.7. The Labute approximate surface area is 98.8 Å². The predicted molar refractivity (Wildman–Crippen MR) is 65.4 cm³/mol. The number of thioether (sulfide) groups is 1. The van der Waals surface area contributed by atoms with E-state index in [1.165, 1.54) is 24.3 Å². The van der Waals surface area contributed by atoms with E-state index in [0.717, 1.165) is 5.69 Å². The lowest BCUT2D eigenvalue weighted by Crippen LogP contribution is -2.24. The zero-order valence-corrected chi connectivity index (χ0v) is 9.87. The molecule has 0 bridgehead atoms. The van der Waals surface area contributed by atoms with Crippen molar-refractivity contribution in [1.82, 2.24) is 9.78 Å². The van der Waals surface area contributed by atoms with Crippen LogP contribution >= 0.6 is 11.8 Å². The summed E-state index contributed by atoms with van der Waals surface area (Å²) in [6, 6.07) is 0.535. The smallest absolute Gasteiger partial charge is 0.239 e. The summed E-state index contributed by atoms with van der Waals surface area (Å²) in [5.41, 5.74) is 6.07. The lowest BCUT2D eigenvalue weighted by atomic mass is 10.1. The van der Waals surface area contributed by atoms with Gasteiger partial charge >= 0.3 is 0 Å². The number of hydrogen-bond acceptors (Lipinski definition) is 4. The van der Waals surface area contributed by atoms with Crippen molar-refractivity contribution in [2.75, 3.05) is 16.8 Å². The second-order valence-corrected chi connectivity index (χ2v) is 5.15. The molecule has 0 aromatic carbocycles. The molecule has 0 atom stereocenters. The third-order valence-corrected chi connectivity index (χ3v) is 3.59. The summed E-state index contributed by atoms with van der Waals surface area (Å²) in [6.45, 7) is 0.141. The molecule has 1 fully saturated rings. The Morgan fingerprint density at radius 2 is 2.38 bits per heavy atom. The molecular weight excluding hydrogens is 224 g/mol. The number of rotatable bonds is 4. The summed E-state index contributed by atoms with van der Waals surface area (Å²) in [4.78, 5) is 10.7. The average Bonchev–Trinajstić information content (AvgIpc) is 2.66. The molecule has 88 valence electrons. The molecule has 1 aliphatic rings. The van der Waals surface area contributed by atoms with Gasteiger partial charge in [0.1, 0.15) is 6.54 Å². The minimum atomic E-state index is -0.372. The fourth-order valence-corrected chi connectivity index (χ4v) is 2.87. The molecule has 2 heterocycles. The van der Waals surface area contributed by atoms with E-state index in [4.69, 9.17) is 5.73 Å². The van der Waals surface area contributed by atoms with Gasteiger partial charge in [-0.15, -0.1) is 0 Å². The second kappa shape index (κ2) is 5.25. The highest BCUT2D eigenvalue weighted by atomic mass is 32.2. The Morgan fingerprint density at radius 1 is 1.62 bits per heavy atom. The number of amides is 1. The second-order valence-electron chi connectivity index (χ2n) is 3.92. The van der Waals surface area contributed by atoms with Crippen LogP contribution < -0.4 is 11.1 Å². The van der Waals surface area contributed by atoms with Gasteiger partial charge in [-0.3, -0.25) is 9.48 Å². The first-order chi connectivity index (χ1) is 7.74. The van der Waals surface area contributed by atoms with Gasteiger partial charge in [-0.1, -0.05) is 0 Å². The molecule has 1 amide bonds. The molecule has 1 saturated heterocycles.